The predicted molar refractivity (Wildman–Crippen MR) is 104 cm³/mol. The van der Waals surface area contributed by atoms with Crippen LogP contribution in [0, 0.1) is 18.6 Å². The van der Waals surface area contributed by atoms with Gasteiger partial charge in [-0.15, -0.1) is 0 Å². The van der Waals surface area contributed by atoms with Gasteiger partial charge in [-0.2, -0.15) is 4.31 Å². The van der Waals surface area contributed by atoms with Gasteiger partial charge < -0.3 is 15.8 Å². The monoisotopic (exact) mass is 439 g/mol. The molecule has 3 rings (SSSR count). The van der Waals surface area contributed by atoms with Crippen molar-refractivity contribution in [2.45, 2.75) is 11.8 Å². The molecule has 0 atom stereocenters. The normalized spacial score (nSPS) is 15.0. The highest BCUT2D eigenvalue weighted by molar-refractivity contribution is 7.89. The van der Waals surface area contributed by atoms with Gasteiger partial charge in [-0.1, -0.05) is 6.07 Å². The van der Waals surface area contributed by atoms with Crippen molar-refractivity contribution < 1.29 is 31.5 Å². The first kappa shape index (κ1) is 21.8. The van der Waals surface area contributed by atoms with Gasteiger partial charge in [0.05, 0.1) is 29.4 Å². The van der Waals surface area contributed by atoms with Crippen LogP contribution in [-0.2, 0) is 14.8 Å². The summed E-state index contributed by atoms with van der Waals surface area (Å²) in [5.41, 5.74) is 4.35. The van der Waals surface area contributed by atoms with Crippen molar-refractivity contribution in [3.8, 4) is 0 Å². The second kappa shape index (κ2) is 8.46. The average molecular weight is 439 g/mol. The summed E-state index contributed by atoms with van der Waals surface area (Å²) in [6.45, 7) is 2.51. The van der Waals surface area contributed by atoms with Crippen molar-refractivity contribution in [3.05, 3.63) is 58.7 Å². The lowest BCUT2D eigenvalue weighted by atomic mass is 10.1. The number of benzene rings is 2. The van der Waals surface area contributed by atoms with E-state index in [9.17, 15) is 26.8 Å². The summed E-state index contributed by atoms with van der Waals surface area (Å²) in [5.74, 6) is -4.24. The van der Waals surface area contributed by atoms with Crippen LogP contribution in [0.5, 0.6) is 0 Å². The summed E-state index contributed by atoms with van der Waals surface area (Å²) in [4.78, 5) is 23.8. The second-order valence-corrected chi connectivity index (χ2v) is 8.53. The number of carbonyl (C=O) groups is 2. The number of nitrogens with one attached hydrogen (secondary N) is 1. The Morgan fingerprint density at radius 3 is 2.40 bits per heavy atom. The third-order valence-electron chi connectivity index (χ3n) is 4.61. The number of ether oxygens (including phenoxy) is 1. The molecule has 2 aromatic carbocycles. The van der Waals surface area contributed by atoms with Crippen LogP contribution in [0.25, 0.3) is 0 Å². The summed E-state index contributed by atoms with van der Waals surface area (Å²) < 4.78 is 59.9. The van der Waals surface area contributed by atoms with E-state index in [0.717, 1.165) is 6.07 Å². The number of sulfonamides is 1. The molecular weight excluding hydrogens is 420 g/mol. The fourth-order valence-corrected chi connectivity index (χ4v) is 4.63. The lowest BCUT2D eigenvalue weighted by Crippen LogP contribution is -2.40. The Kier molecular flexibility index (Phi) is 6.15. The van der Waals surface area contributed by atoms with Gasteiger partial charge in [0.15, 0.2) is 0 Å². The first-order chi connectivity index (χ1) is 14.1. The van der Waals surface area contributed by atoms with Crippen LogP contribution >= 0.6 is 0 Å². The number of anilines is 1. The van der Waals surface area contributed by atoms with Crippen molar-refractivity contribution in [2.24, 2.45) is 5.73 Å². The van der Waals surface area contributed by atoms with Crippen LogP contribution in [0.2, 0.25) is 0 Å². The van der Waals surface area contributed by atoms with Crippen LogP contribution in [0.3, 0.4) is 0 Å². The van der Waals surface area contributed by atoms with Gasteiger partial charge in [0.1, 0.15) is 11.6 Å². The standard InChI is InChI=1S/C19H19F2N3O5S/c1-11-2-3-12(8-17(11)30(27,28)24-4-6-29-7-5-24)19(26)23-16-9-13(18(22)25)14(20)10-15(16)21/h2-3,8-10H,4-7H2,1H3,(H2,22,25)(H,23,26). The molecule has 1 saturated heterocycles. The largest absolute Gasteiger partial charge is 0.379 e. The van der Waals surface area contributed by atoms with E-state index in [-0.39, 0.29) is 36.8 Å². The third-order valence-corrected chi connectivity index (χ3v) is 6.65. The smallest absolute Gasteiger partial charge is 0.255 e. The first-order valence-corrected chi connectivity index (χ1v) is 10.3. The maximum Gasteiger partial charge on any atom is 0.255 e. The van der Waals surface area contributed by atoms with E-state index in [0.29, 0.717) is 11.6 Å². The maximum atomic E-state index is 14.0. The van der Waals surface area contributed by atoms with E-state index in [1.807, 2.05) is 0 Å². The summed E-state index contributed by atoms with van der Waals surface area (Å²) in [6, 6.07) is 5.23. The van der Waals surface area contributed by atoms with Crippen LogP contribution in [0.1, 0.15) is 26.3 Å². The Hall–Kier alpha value is -2.89. The number of nitrogens with two attached hydrogens (primary N) is 1. The summed E-state index contributed by atoms with van der Waals surface area (Å²) >= 11 is 0. The minimum atomic E-state index is -3.86. The van der Waals surface area contributed by atoms with Crippen LogP contribution in [0.4, 0.5) is 14.5 Å². The molecule has 0 aromatic heterocycles. The predicted octanol–water partition coefficient (Wildman–Crippen LogP) is 1.65. The number of primary amides is 1. The van der Waals surface area contributed by atoms with Crippen LogP contribution < -0.4 is 11.1 Å². The topological polar surface area (TPSA) is 119 Å². The van der Waals surface area contributed by atoms with E-state index in [4.69, 9.17) is 10.5 Å². The van der Waals surface area contributed by atoms with Crippen molar-refractivity contribution in [3.63, 3.8) is 0 Å². The highest BCUT2D eigenvalue weighted by Gasteiger charge is 2.28. The number of hydrogen-bond donors (Lipinski definition) is 2. The number of nitrogens with zero attached hydrogens (tertiary/aromatic N) is 1. The Bertz CT molecular complexity index is 1120. The minimum absolute atomic E-state index is 0.0585. The fourth-order valence-electron chi connectivity index (χ4n) is 2.97. The molecule has 0 unspecified atom stereocenters. The van der Waals surface area contributed by atoms with Crippen molar-refractivity contribution in [1.29, 1.82) is 0 Å². The fraction of sp³-hybridized carbons (Fsp3) is 0.263. The Morgan fingerprint density at radius 2 is 1.77 bits per heavy atom. The quantitative estimate of drug-likeness (QED) is 0.734. The SMILES string of the molecule is Cc1ccc(C(=O)Nc2cc(C(N)=O)c(F)cc2F)cc1S(=O)(=O)N1CCOCC1. The zero-order chi connectivity index (χ0) is 22.1. The van der Waals surface area contributed by atoms with E-state index >= 15 is 0 Å². The summed E-state index contributed by atoms with van der Waals surface area (Å²) in [5, 5.41) is 2.21. The molecule has 30 heavy (non-hydrogen) atoms. The number of hydrogen-bond acceptors (Lipinski definition) is 5. The van der Waals surface area contributed by atoms with E-state index in [1.165, 1.54) is 22.5 Å². The molecule has 1 heterocycles. The number of halogens is 2. The third kappa shape index (κ3) is 4.32. The molecule has 0 radical (unpaired) electrons. The lowest BCUT2D eigenvalue weighted by Gasteiger charge is -2.26. The lowest BCUT2D eigenvalue weighted by molar-refractivity contribution is 0.0730. The molecule has 2 amide bonds. The number of morpholine rings is 1. The van der Waals surface area contributed by atoms with Crippen molar-refractivity contribution >= 4 is 27.5 Å². The zero-order valence-corrected chi connectivity index (χ0v) is 16.8. The summed E-state index contributed by atoms with van der Waals surface area (Å²) in [6.07, 6.45) is 0. The van der Waals surface area contributed by atoms with Crippen LogP contribution in [0.15, 0.2) is 35.2 Å². The van der Waals surface area contributed by atoms with Gasteiger partial charge in [0.2, 0.25) is 10.0 Å². The highest BCUT2D eigenvalue weighted by Crippen LogP contribution is 2.24. The number of carbonyl (C=O) groups excluding carboxylic acids is 2. The van der Waals surface area contributed by atoms with Gasteiger partial charge in [0.25, 0.3) is 11.8 Å². The van der Waals surface area contributed by atoms with E-state index in [2.05, 4.69) is 5.32 Å². The van der Waals surface area contributed by atoms with E-state index in [1.54, 1.807) is 6.92 Å². The molecule has 0 aliphatic carbocycles. The number of rotatable bonds is 5. The molecule has 1 aliphatic heterocycles. The summed E-state index contributed by atoms with van der Waals surface area (Å²) in [7, 11) is -3.86. The molecule has 1 fully saturated rings. The van der Waals surface area contributed by atoms with Gasteiger partial charge >= 0.3 is 0 Å². The van der Waals surface area contributed by atoms with Gasteiger partial charge in [-0.05, 0) is 30.7 Å². The molecule has 11 heteroatoms. The molecule has 0 spiro atoms. The molecule has 8 nitrogen and oxygen atoms in total. The second-order valence-electron chi connectivity index (χ2n) is 6.63. The average Bonchev–Trinajstić information content (AvgIpc) is 2.70. The molecule has 1 aliphatic rings. The Morgan fingerprint density at radius 1 is 1.10 bits per heavy atom. The number of amides is 2. The molecule has 0 bridgehead atoms. The van der Waals surface area contributed by atoms with Crippen molar-refractivity contribution in [2.75, 3.05) is 31.6 Å². The molecule has 3 N–H and O–H groups in total. The first-order valence-electron chi connectivity index (χ1n) is 8.90. The van der Waals surface area contributed by atoms with Crippen LogP contribution in [-0.4, -0.2) is 50.8 Å². The van der Waals surface area contributed by atoms with Gasteiger partial charge in [0, 0.05) is 24.7 Å². The van der Waals surface area contributed by atoms with Gasteiger partial charge in [-0.25, -0.2) is 17.2 Å². The maximum absolute atomic E-state index is 14.0. The Balaban J connectivity index is 1.92. The van der Waals surface area contributed by atoms with E-state index < -0.39 is 44.7 Å². The minimum Gasteiger partial charge on any atom is -0.379 e. The van der Waals surface area contributed by atoms with Gasteiger partial charge in [-0.3, -0.25) is 9.59 Å². The highest BCUT2D eigenvalue weighted by atomic mass is 32.2. The molecule has 0 saturated carbocycles. The molecular formula is C19H19F2N3O5S. The number of aryl methyl sites for hydroxylation is 1. The zero-order valence-electron chi connectivity index (χ0n) is 15.9. The Labute approximate surface area is 171 Å². The molecule has 160 valence electrons. The molecule has 2 aromatic rings. The van der Waals surface area contributed by atoms with Crippen molar-refractivity contribution in [1.82, 2.24) is 4.31 Å².